The van der Waals surface area contributed by atoms with Crippen molar-refractivity contribution >= 4 is 5.78 Å². The molecule has 1 aliphatic carbocycles. The summed E-state index contributed by atoms with van der Waals surface area (Å²) in [7, 11) is -5.82. The number of piperidine rings is 1. The highest BCUT2D eigenvalue weighted by atomic mass is 16.5. The molecule has 1 unspecified atom stereocenters. The Hall–Kier alpha value is -2.33. The van der Waals surface area contributed by atoms with E-state index in [2.05, 4.69) is 17.0 Å². The van der Waals surface area contributed by atoms with Crippen molar-refractivity contribution in [1.82, 2.24) is 4.90 Å². The predicted molar refractivity (Wildman–Crippen MR) is 117 cm³/mol. The molecule has 2 aromatic carbocycles. The largest absolute Gasteiger partial charge is 0.493 e. The first-order valence-corrected chi connectivity index (χ1v) is 9.60. The molecule has 0 spiro atoms. The number of Topliss-reactive ketones (excluding diaryl/α,β-unsaturated/α-hetero) is 1. The van der Waals surface area contributed by atoms with Crippen molar-refractivity contribution in [3.8, 4) is 11.5 Å². The van der Waals surface area contributed by atoms with E-state index in [1.807, 2.05) is 18.2 Å². The Labute approximate surface area is 186 Å². The lowest BCUT2D eigenvalue weighted by atomic mass is 9.85. The van der Waals surface area contributed by atoms with E-state index >= 15 is 0 Å². The maximum atomic E-state index is 13.3. The molecular weight excluding hydrogens is 362 g/mol. The lowest BCUT2D eigenvalue weighted by molar-refractivity contribution is 0.0895. The number of carbonyl (C=O) groups excluding carboxylic acids is 1. The SMILES string of the molecule is C.[2H]C([2H])([2H])Oc1cc2c(cc1OC([2H])([2H])[2H])C([2H])([2H])C(CC1CCN(Cc3ccccc3)CC1)C2=O. The molecule has 1 saturated heterocycles. The van der Waals surface area contributed by atoms with Gasteiger partial charge < -0.3 is 9.47 Å². The van der Waals surface area contributed by atoms with Crippen LogP contribution in [0.4, 0.5) is 0 Å². The molecular formula is C25H33NO3. The molecule has 1 fully saturated rings. The number of likely N-dealkylation sites (tertiary alicyclic amines) is 1. The average molecular weight is 404 g/mol. The number of ether oxygens (including phenoxy) is 2. The summed E-state index contributed by atoms with van der Waals surface area (Å²) >= 11 is 0. The van der Waals surface area contributed by atoms with Crippen LogP contribution in [0.1, 0.15) is 59.1 Å². The first-order valence-electron chi connectivity index (χ1n) is 13.6. The molecule has 0 saturated carbocycles. The quantitative estimate of drug-likeness (QED) is 0.681. The van der Waals surface area contributed by atoms with Gasteiger partial charge in [-0.15, -0.1) is 0 Å². The Bertz CT molecular complexity index is 1090. The van der Waals surface area contributed by atoms with Gasteiger partial charge in [0.15, 0.2) is 17.3 Å². The fourth-order valence-corrected chi connectivity index (χ4v) is 4.20. The number of benzene rings is 2. The van der Waals surface area contributed by atoms with Crippen molar-refractivity contribution in [1.29, 1.82) is 0 Å². The molecule has 0 aromatic heterocycles. The molecule has 29 heavy (non-hydrogen) atoms. The van der Waals surface area contributed by atoms with E-state index in [0.717, 1.165) is 44.6 Å². The molecule has 1 aliphatic heterocycles. The Kier molecular flexibility index (Phi) is 4.26. The van der Waals surface area contributed by atoms with Crippen LogP contribution in [0.2, 0.25) is 0 Å². The third-order valence-electron chi connectivity index (χ3n) is 5.74. The maximum absolute atomic E-state index is 13.3. The summed E-state index contributed by atoms with van der Waals surface area (Å²) < 4.78 is 71.5. The van der Waals surface area contributed by atoms with E-state index in [1.54, 1.807) is 0 Å². The van der Waals surface area contributed by atoms with Crippen LogP contribution >= 0.6 is 0 Å². The van der Waals surface area contributed by atoms with Crippen molar-refractivity contribution in [2.45, 2.75) is 39.6 Å². The highest BCUT2D eigenvalue weighted by Gasteiger charge is 2.34. The Morgan fingerprint density at radius 2 is 1.79 bits per heavy atom. The summed E-state index contributed by atoms with van der Waals surface area (Å²) in [4.78, 5) is 15.7. The van der Waals surface area contributed by atoms with Crippen LogP contribution in [-0.4, -0.2) is 37.8 Å². The van der Waals surface area contributed by atoms with Crippen LogP contribution in [0.3, 0.4) is 0 Å². The van der Waals surface area contributed by atoms with Gasteiger partial charge in [-0.2, -0.15) is 0 Å². The van der Waals surface area contributed by atoms with Gasteiger partial charge in [0.25, 0.3) is 0 Å². The summed E-state index contributed by atoms with van der Waals surface area (Å²) in [6.07, 6.45) is -0.0305. The molecule has 4 heteroatoms. The molecule has 1 atom stereocenters. The van der Waals surface area contributed by atoms with Gasteiger partial charge in [0, 0.05) is 20.8 Å². The second-order valence-electron chi connectivity index (χ2n) is 7.55. The number of hydrogen-bond acceptors (Lipinski definition) is 4. The summed E-state index contributed by atoms with van der Waals surface area (Å²) in [5.74, 6) is -2.09. The molecule has 0 N–H and O–H groups in total. The molecule has 0 bridgehead atoms. The normalized spacial score (nSPS) is 26.2. The van der Waals surface area contributed by atoms with Crippen LogP contribution in [0.5, 0.6) is 11.5 Å². The Morgan fingerprint density at radius 3 is 2.48 bits per heavy atom. The van der Waals surface area contributed by atoms with Crippen molar-refractivity contribution < 1.29 is 25.2 Å². The lowest BCUT2D eigenvalue weighted by Crippen LogP contribution is -2.34. The molecule has 2 aromatic rings. The zero-order valence-electron chi connectivity index (χ0n) is 23.6. The highest BCUT2D eigenvalue weighted by Crippen LogP contribution is 2.39. The molecule has 0 amide bonds. The summed E-state index contributed by atoms with van der Waals surface area (Å²) in [5, 5.41) is 0. The Balaban J connectivity index is 0.00000380. The number of rotatable bonds is 6. The Morgan fingerprint density at radius 1 is 1.10 bits per heavy atom. The summed E-state index contributed by atoms with van der Waals surface area (Å²) in [6, 6.07) is 12.4. The molecule has 156 valence electrons. The van der Waals surface area contributed by atoms with E-state index in [9.17, 15) is 4.79 Å². The number of hydrogen-bond donors (Lipinski definition) is 0. The standard InChI is InChI=1S/C24H29NO3.CH4/c1-27-22-14-19-13-20(24(26)21(19)15-23(22)28-2)12-17-8-10-25(11-9-17)16-18-6-4-3-5-7-18;/h3-7,14-15,17,20H,8-13,16H2,1-2H3;1H4/i1D3,2D3,13D2;. The van der Waals surface area contributed by atoms with Crippen LogP contribution in [-0.2, 0) is 12.9 Å². The minimum Gasteiger partial charge on any atom is -0.493 e. The van der Waals surface area contributed by atoms with Crippen LogP contribution < -0.4 is 9.47 Å². The van der Waals surface area contributed by atoms with E-state index in [-0.39, 0.29) is 24.5 Å². The minimum absolute atomic E-state index is 0. The van der Waals surface area contributed by atoms with E-state index in [1.165, 1.54) is 5.56 Å². The van der Waals surface area contributed by atoms with E-state index < -0.39 is 43.6 Å². The average Bonchev–Trinajstić information content (AvgIpc) is 2.94. The summed E-state index contributed by atoms with van der Waals surface area (Å²) in [5.41, 5.74) is 1.23. The first kappa shape index (κ1) is 13.1. The van der Waals surface area contributed by atoms with Crippen molar-refractivity contribution in [2.24, 2.45) is 11.8 Å². The number of methoxy groups -OCH3 is 2. The van der Waals surface area contributed by atoms with E-state index in [0.29, 0.717) is 6.42 Å². The predicted octanol–water partition coefficient (Wildman–Crippen LogP) is 5.00. The van der Waals surface area contributed by atoms with Gasteiger partial charge in [-0.1, -0.05) is 37.8 Å². The fourth-order valence-electron chi connectivity index (χ4n) is 4.20. The zero-order chi connectivity index (χ0) is 26.3. The fraction of sp³-hybridized carbons (Fsp3) is 0.480. The zero-order valence-corrected chi connectivity index (χ0v) is 15.6. The third-order valence-corrected chi connectivity index (χ3v) is 5.74. The number of fused-ring (bicyclic) bond motifs is 1. The molecule has 1 heterocycles. The van der Waals surface area contributed by atoms with Gasteiger partial charge in [-0.3, -0.25) is 9.69 Å². The molecule has 2 aliphatic rings. The minimum atomic E-state index is -2.91. The van der Waals surface area contributed by atoms with Gasteiger partial charge in [0.1, 0.15) is 0 Å². The number of carbonyl (C=O) groups is 1. The third kappa shape index (κ3) is 4.64. The van der Waals surface area contributed by atoms with Crippen LogP contribution in [0.15, 0.2) is 42.5 Å². The topological polar surface area (TPSA) is 38.8 Å². The van der Waals surface area contributed by atoms with Crippen molar-refractivity contribution in [3.05, 3.63) is 59.2 Å². The molecule has 0 radical (unpaired) electrons. The van der Waals surface area contributed by atoms with Crippen LogP contribution in [0.25, 0.3) is 0 Å². The van der Waals surface area contributed by atoms with Crippen LogP contribution in [0, 0.1) is 11.8 Å². The second-order valence-corrected chi connectivity index (χ2v) is 7.55. The van der Waals surface area contributed by atoms with Crippen molar-refractivity contribution in [3.63, 3.8) is 0 Å². The molecule has 4 nitrogen and oxygen atoms in total. The molecule has 4 rings (SSSR count). The first-order chi connectivity index (χ1) is 16.7. The lowest BCUT2D eigenvalue weighted by Gasteiger charge is -2.32. The number of nitrogens with zero attached hydrogens (tertiary/aromatic N) is 1. The van der Waals surface area contributed by atoms with Crippen molar-refractivity contribution in [2.75, 3.05) is 27.2 Å². The van der Waals surface area contributed by atoms with E-state index in [4.69, 9.17) is 20.4 Å². The number of ketones is 1. The summed E-state index contributed by atoms with van der Waals surface area (Å²) in [6.45, 7) is 2.55. The van der Waals surface area contributed by atoms with Gasteiger partial charge in [-0.05, 0) is 67.9 Å². The maximum Gasteiger partial charge on any atom is 0.166 e. The second kappa shape index (κ2) is 9.45. The van der Waals surface area contributed by atoms with Gasteiger partial charge in [-0.25, -0.2) is 0 Å². The highest BCUT2D eigenvalue weighted by molar-refractivity contribution is 6.02. The smallest absolute Gasteiger partial charge is 0.166 e. The monoisotopic (exact) mass is 403 g/mol. The van der Waals surface area contributed by atoms with Gasteiger partial charge in [0.05, 0.1) is 22.3 Å². The van der Waals surface area contributed by atoms with Gasteiger partial charge in [0.2, 0.25) is 0 Å². The van der Waals surface area contributed by atoms with Gasteiger partial charge >= 0.3 is 0 Å².